The van der Waals surface area contributed by atoms with Crippen molar-refractivity contribution in [2.75, 3.05) is 19.7 Å². The zero-order chi connectivity index (χ0) is 8.48. The molecule has 3 nitrogen and oxygen atoms in total. The van der Waals surface area contributed by atoms with E-state index >= 15 is 0 Å². The van der Waals surface area contributed by atoms with Gasteiger partial charge < -0.3 is 10.2 Å². The van der Waals surface area contributed by atoms with Crippen molar-refractivity contribution in [1.29, 1.82) is 0 Å². The molecule has 2 N–H and O–H groups in total. The maximum absolute atomic E-state index is 9.64. The third-order valence-corrected chi connectivity index (χ3v) is 2.35. The molecule has 2 atom stereocenters. The molecule has 0 radical (unpaired) electrons. The molecule has 1 fully saturated rings. The third-order valence-electron chi connectivity index (χ3n) is 2.35. The van der Waals surface area contributed by atoms with Crippen LogP contribution in [0.5, 0.6) is 0 Å². The molecule has 0 aromatic rings. The maximum atomic E-state index is 9.64. The number of nitrogens with zero attached hydrogens (tertiary/aromatic N) is 1. The van der Waals surface area contributed by atoms with E-state index in [1.54, 1.807) is 0 Å². The molecule has 0 saturated carbocycles. The minimum Gasteiger partial charge on any atom is -0.395 e. The van der Waals surface area contributed by atoms with E-state index in [-0.39, 0.29) is 12.6 Å². The molecule has 0 aliphatic carbocycles. The molecular formula is C8H17NO2. The Morgan fingerprint density at radius 2 is 2.27 bits per heavy atom. The molecule has 11 heavy (non-hydrogen) atoms. The second kappa shape index (κ2) is 3.09. The minimum atomic E-state index is -0.594. The third kappa shape index (κ3) is 1.92. The lowest BCUT2D eigenvalue weighted by atomic mass is 10.0. The van der Waals surface area contributed by atoms with Gasteiger partial charge in [0.25, 0.3) is 0 Å². The first-order valence-corrected chi connectivity index (χ1v) is 4.16. The summed E-state index contributed by atoms with van der Waals surface area (Å²) in [7, 11) is 0. The van der Waals surface area contributed by atoms with Gasteiger partial charge in [0.15, 0.2) is 0 Å². The van der Waals surface area contributed by atoms with E-state index in [0.29, 0.717) is 13.0 Å². The average Bonchev–Trinajstić information content (AvgIpc) is 2.25. The fourth-order valence-electron chi connectivity index (χ4n) is 1.82. The highest BCUT2D eigenvalue weighted by atomic mass is 16.3. The molecule has 3 heteroatoms. The Morgan fingerprint density at radius 3 is 2.64 bits per heavy atom. The summed E-state index contributed by atoms with van der Waals surface area (Å²) < 4.78 is 0. The number of hydrogen-bond donors (Lipinski definition) is 2. The fraction of sp³-hybridized carbons (Fsp3) is 1.00. The van der Waals surface area contributed by atoms with Gasteiger partial charge in [0.05, 0.1) is 12.2 Å². The van der Waals surface area contributed by atoms with Crippen LogP contribution in [-0.2, 0) is 0 Å². The van der Waals surface area contributed by atoms with E-state index in [2.05, 4.69) is 4.90 Å². The number of hydrogen-bond acceptors (Lipinski definition) is 3. The van der Waals surface area contributed by atoms with Crippen LogP contribution in [0, 0.1) is 0 Å². The van der Waals surface area contributed by atoms with Crippen LogP contribution >= 0.6 is 0 Å². The van der Waals surface area contributed by atoms with Crippen molar-refractivity contribution in [3.8, 4) is 0 Å². The van der Waals surface area contributed by atoms with Crippen molar-refractivity contribution in [3.63, 3.8) is 0 Å². The van der Waals surface area contributed by atoms with Gasteiger partial charge in [-0.3, -0.25) is 4.90 Å². The van der Waals surface area contributed by atoms with E-state index in [1.807, 2.05) is 13.8 Å². The average molecular weight is 159 g/mol. The Balaban J connectivity index is 2.55. The summed E-state index contributed by atoms with van der Waals surface area (Å²) in [6, 6.07) is 0.162. The molecule has 1 aliphatic heterocycles. The second-order valence-electron chi connectivity index (χ2n) is 3.60. The van der Waals surface area contributed by atoms with Crippen LogP contribution in [0.4, 0.5) is 0 Å². The summed E-state index contributed by atoms with van der Waals surface area (Å²) >= 11 is 0. The van der Waals surface area contributed by atoms with E-state index in [1.165, 1.54) is 0 Å². The number of rotatable bonds is 2. The van der Waals surface area contributed by atoms with E-state index in [4.69, 9.17) is 5.11 Å². The molecule has 0 aromatic carbocycles. The Labute approximate surface area is 67.6 Å². The summed E-state index contributed by atoms with van der Waals surface area (Å²) in [5, 5.41) is 18.6. The van der Waals surface area contributed by atoms with Crippen LogP contribution in [0.15, 0.2) is 0 Å². The monoisotopic (exact) mass is 159 g/mol. The number of aliphatic hydroxyl groups is 2. The molecular weight excluding hydrogens is 142 g/mol. The quantitative estimate of drug-likeness (QED) is 0.587. The lowest BCUT2D eigenvalue weighted by Crippen LogP contribution is -2.33. The van der Waals surface area contributed by atoms with Crippen LogP contribution < -0.4 is 0 Å². The summed E-state index contributed by atoms with van der Waals surface area (Å²) in [4.78, 5) is 2.11. The highest BCUT2D eigenvalue weighted by molar-refractivity contribution is 4.92. The van der Waals surface area contributed by atoms with Gasteiger partial charge in [-0.15, -0.1) is 0 Å². The van der Waals surface area contributed by atoms with Gasteiger partial charge in [0.2, 0.25) is 0 Å². The van der Waals surface area contributed by atoms with Crippen molar-refractivity contribution in [2.45, 2.75) is 31.9 Å². The van der Waals surface area contributed by atoms with Gasteiger partial charge in [-0.1, -0.05) is 6.92 Å². The fourth-order valence-corrected chi connectivity index (χ4v) is 1.82. The summed E-state index contributed by atoms with van der Waals surface area (Å²) in [6.07, 6.45) is 0.692. The van der Waals surface area contributed by atoms with Crippen LogP contribution in [0.2, 0.25) is 0 Å². The zero-order valence-electron chi connectivity index (χ0n) is 7.25. The first-order valence-electron chi connectivity index (χ1n) is 4.16. The molecule has 1 aliphatic rings. The van der Waals surface area contributed by atoms with Crippen molar-refractivity contribution < 1.29 is 10.2 Å². The van der Waals surface area contributed by atoms with Crippen molar-refractivity contribution in [2.24, 2.45) is 0 Å². The van der Waals surface area contributed by atoms with Crippen LogP contribution in [0.25, 0.3) is 0 Å². The molecule has 0 spiro atoms. The zero-order valence-corrected chi connectivity index (χ0v) is 7.25. The maximum Gasteiger partial charge on any atom is 0.0762 e. The normalized spacial score (nSPS) is 39.8. The predicted molar refractivity (Wildman–Crippen MR) is 43.4 cm³/mol. The topological polar surface area (TPSA) is 43.7 Å². The van der Waals surface area contributed by atoms with Crippen molar-refractivity contribution >= 4 is 0 Å². The number of likely N-dealkylation sites (tertiary alicyclic amines) is 1. The molecule has 0 amide bonds. The number of likely N-dealkylation sites (N-methyl/N-ethyl adjacent to an activating group) is 1. The van der Waals surface area contributed by atoms with Gasteiger partial charge in [-0.2, -0.15) is 0 Å². The highest BCUT2D eigenvalue weighted by Crippen LogP contribution is 2.25. The number of aliphatic hydroxyl groups excluding tert-OH is 1. The van der Waals surface area contributed by atoms with Crippen LogP contribution in [-0.4, -0.2) is 46.5 Å². The minimum absolute atomic E-state index is 0.157. The Hall–Kier alpha value is -0.120. The lowest BCUT2D eigenvalue weighted by Gasteiger charge is -2.19. The lowest BCUT2D eigenvalue weighted by molar-refractivity contribution is 0.0693. The largest absolute Gasteiger partial charge is 0.395 e. The van der Waals surface area contributed by atoms with Crippen molar-refractivity contribution in [1.82, 2.24) is 4.90 Å². The van der Waals surface area contributed by atoms with Crippen LogP contribution in [0.1, 0.15) is 20.3 Å². The Bertz CT molecular complexity index is 122. The second-order valence-corrected chi connectivity index (χ2v) is 3.60. The van der Waals surface area contributed by atoms with Gasteiger partial charge in [-0.05, 0) is 19.9 Å². The van der Waals surface area contributed by atoms with Gasteiger partial charge in [0.1, 0.15) is 0 Å². The molecule has 2 unspecified atom stereocenters. The number of β-amino-alcohol motifs (C(OH)–C–C–N with tert-alkyl or cyclic N) is 1. The summed E-state index contributed by atoms with van der Waals surface area (Å²) in [5.41, 5.74) is -0.594. The van der Waals surface area contributed by atoms with Gasteiger partial charge in [0, 0.05) is 12.6 Å². The molecule has 0 aromatic heterocycles. The molecule has 0 bridgehead atoms. The predicted octanol–water partition coefficient (Wildman–Crippen LogP) is -0.176. The van der Waals surface area contributed by atoms with Gasteiger partial charge >= 0.3 is 0 Å². The standard InChI is InChI=1S/C8H17NO2/c1-3-9-6-8(2,11)4-7(9)5-10/h7,10-11H,3-6H2,1-2H3. The smallest absolute Gasteiger partial charge is 0.0762 e. The first-order chi connectivity index (χ1) is 5.09. The molecule has 1 heterocycles. The Kier molecular flexibility index (Phi) is 2.52. The van der Waals surface area contributed by atoms with Crippen LogP contribution in [0.3, 0.4) is 0 Å². The van der Waals surface area contributed by atoms with E-state index < -0.39 is 5.60 Å². The summed E-state index contributed by atoms with van der Waals surface area (Å²) in [5.74, 6) is 0. The summed E-state index contributed by atoms with van der Waals surface area (Å²) in [6.45, 7) is 5.62. The SMILES string of the molecule is CCN1CC(C)(O)CC1CO. The molecule has 1 saturated heterocycles. The van der Waals surface area contributed by atoms with Crippen molar-refractivity contribution in [3.05, 3.63) is 0 Å². The molecule has 66 valence electrons. The Morgan fingerprint density at radius 1 is 1.64 bits per heavy atom. The highest BCUT2D eigenvalue weighted by Gasteiger charge is 2.37. The van der Waals surface area contributed by atoms with Gasteiger partial charge in [-0.25, -0.2) is 0 Å². The molecule has 1 rings (SSSR count). The van der Waals surface area contributed by atoms with E-state index in [9.17, 15) is 5.11 Å². The first kappa shape index (κ1) is 8.97. The van der Waals surface area contributed by atoms with E-state index in [0.717, 1.165) is 6.54 Å².